The molecule has 2 heterocycles. The van der Waals surface area contributed by atoms with Gasteiger partial charge in [-0.2, -0.15) is 4.98 Å². The number of aromatic nitrogens is 3. The van der Waals surface area contributed by atoms with Gasteiger partial charge in [0.2, 0.25) is 11.7 Å². The molecule has 1 unspecified atom stereocenters. The van der Waals surface area contributed by atoms with Gasteiger partial charge in [0.05, 0.1) is 5.56 Å². The standard InChI is InChI=1S/C38H54N6O11/c1-15-39-32(45)29-26(31-40-21(8)54-44-31)30(55-43-29)23-16-22(18(2)3)24(50-33(46)27(19(4)5)41-35(48)52-37(9,10)11)17-25(23)51-34(47)28(20(6)7)42-36(49)53-38(12,13)14/h16-20,27-28H,15H2,1-14H3,(H,39,45)(H,41,48)(H,42,49)/t27-,28?/m0/s1. The summed E-state index contributed by atoms with van der Waals surface area (Å²) in [5.41, 5.74) is -1.26. The third-order valence-corrected chi connectivity index (χ3v) is 7.58. The predicted octanol–water partition coefficient (Wildman–Crippen LogP) is 6.48. The molecule has 0 fully saturated rings. The Morgan fingerprint density at radius 2 is 1.25 bits per heavy atom. The van der Waals surface area contributed by atoms with Crippen LogP contribution in [-0.4, -0.2) is 75.2 Å². The van der Waals surface area contributed by atoms with Crippen LogP contribution in [0.1, 0.15) is 118 Å². The minimum Gasteiger partial charge on any atom is -0.444 e. The zero-order valence-corrected chi connectivity index (χ0v) is 34.1. The van der Waals surface area contributed by atoms with Gasteiger partial charge in [-0.1, -0.05) is 51.9 Å². The van der Waals surface area contributed by atoms with E-state index in [4.69, 9.17) is 28.0 Å². The molecule has 3 amide bonds. The monoisotopic (exact) mass is 770 g/mol. The minimum atomic E-state index is -1.21. The summed E-state index contributed by atoms with van der Waals surface area (Å²) in [6.07, 6.45) is -1.66. The first-order valence-corrected chi connectivity index (χ1v) is 18.1. The van der Waals surface area contributed by atoms with Gasteiger partial charge < -0.3 is 43.9 Å². The maximum absolute atomic E-state index is 14.0. The van der Waals surface area contributed by atoms with E-state index in [2.05, 4.69) is 31.2 Å². The smallest absolute Gasteiger partial charge is 0.408 e. The number of alkyl carbamates (subject to hydrolysis) is 2. The molecular formula is C38H54N6O11. The fourth-order valence-corrected chi connectivity index (χ4v) is 5.07. The highest BCUT2D eigenvalue weighted by Crippen LogP contribution is 2.44. The number of ether oxygens (including phenoxy) is 4. The molecule has 0 saturated carbocycles. The third kappa shape index (κ3) is 12.0. The topological polar surface area (TPSA) is 223 Å². The summed E-state index contributed by atoms with van der Waals surface area (Å²) in [5.74, 6) is -3.66. The summed E-state index contributed by atoms with van der Waals surface area (Å²) < 4.78 is 33.7. The number of benzene rings is 1. The van der Waals surface area contributed by atoms with Crippen molar-refractivity contribution in [2.75, 3.05) is 6.54 Å². The summed E-state index contributed by atoms with van der Waals surface area (Å²) in [7, 11) is 0. The lowest BCUT2D eigenvalue weighted by Gasteiger charge is -2.26. The van der Waals surface area contributed by atoms with Crippen LogP contribution in [0.5, 0.6) is 11.5 Å². The van der Waals surface area contributed by atoms with E-state index in [-0.39, 0.29) is 58.3 Å². The number of nitrogens with zero attached hydrogens (tertiary/aromatic N) is 3. The number of hydrogen-bond donors (Lipinski definition) is 3. The van der Waals surface area contributed by atoms with Crippen LogP contribution in [0.25, 0.3) is 22.7 Å². The lowest BCUT2D eigenvalue weighted by atomic mass is 9.95. The Balaban J connectivity index is 2.27. The van der Waals surface area contributed by atoms with Crippen molar-refractivity contribution in [3.05, 3.63) is 29.3 Å². The summed E-state index contributed by atoms with van der Waals surface area (Å²) in [4.78, 5) is 70.7. The fourth-order valence-electron chi connectivity index (χ4n) is 5.07. The molecule has 17 heteroatoms. The molecular weight excluding hydrogens is 716 g/mol. The van der Waals surface area contributed by atoms with Crippen LogP contribution in [0.2, 0.25) is 0 Å². The Labute approximate surface area is 320 Å². The second-order valence-corrected chi connectivity index (χ2v) is 15.9. The largest absolute Gasteiger partial charge is 0.444 e. The summed E-state index contributed by atoms with van der Waals surface area (Å²) in [6.45, 7) is 24.2. The van der Waals surface area contributed by atoms with E-state index in [0.717, 1.165) is 0 Å². The van der Waals surface area contributed by atoms with E-state index in [1.54, 1.807) is 89.2 Å². The second-order valence-electron chi connectivity index (χ2n) is 15.9. The van der Waals surface area contributed by atoms with Crippen molar-refractivity contribution in [1.82, 2.24) is 31.2 Å². The van der Waals surface area contributed by atoms with Crippen molar-refractivity contribution in [2.24, 2.45) is 11.8 Å². The number of nitrogens with one attached hydrogen (secondary N) is 3. The van der Waals surface area contributed by atoms with E-state index < -0.39 is 65.2 Å². The van der Waals surface area contributed by atoms with Crippen LogP contribution in [0.15, 0.2) is 21.2 Å². The number of hydrogen-bond acceptors (Lipinski definition) is 14. The van der Waals surface area contributed by atoms with Crippen molar-refractivity contribution in [3.63, 3.8) is 0 Å². The van der Waals surface area contributed by atoms with E-state index in [1.807, 2.05) is 13.8 Å². The third-order valence-electron chi connectivity index (χ3n) is 7.58. The van der Waals surface area contributed by atoms with Gasteiger partial charge in [-0.25, -0.2) is 19.2 Å². The van der Waals surface area contributed by atoms with Gasteiger partial charge in [0.25, 0.3) is 5.91 Å². The molecule has 0 spiro atoms. The van der Waals surface area contributed by atoms with Crippen LogP contribution in [0, 0.1) is 18.8 Å². The second kappa shape index (κ2) is 17.8. The molecule has 0 aliphatic carbocycles. The Morgan fingerprint density at radius 3 is 1.67 bits per heavy atom. The highest BCUT2D eigenvalue weighted by molar-refractivity contribution is 6.02. The van der Waals surface area contributed by atoms with Gasteiger partial charge in [0.15, 0.2) is 11.5 Å². The quantitative estimate of drug-likeness (QED) is 0.125. The van der Waals surface area contributed by atoms with Gasteiger partial charge in [-0.3, -0.25) is 4.79 Å². The first kappa shape index (κ1) is 43.9. The molecule has 0 aliphatic heterocycles. The number of carbonyl (C=O) groups excluding carboxylic acids is 5. The van der Waals surface area contributed by atoms with Gasteiger partial charge in [0, 0.05) is 19.5 Å². The van der Waals surface area contributed by atoms with Gasteiger partial charge in [0.1, 0.15) is 40.3 Å². The van der Waals surface area contributed by atoms with Crippen LogP contribution in [0.3, 0.4) is 0 Å². The maximum Gasteiger partial charge on any atom is 0.408 e. The molecule has 3 aromatic rings. The number of rotatable bonds is 13. The minimum absolute atomic E-state index is 0.00944. The van der Waals surface area contributed by atoms with E-state index in [9.17, 15) is 24.0 Å². The normalized spacial score (nSPS) is 13.0. The molecule has 2 atom stereocenters. The van der Waals surface area contributed by atoms with Crippen molar-refractivity contribution in [3.8, 4) is 34.2 Å². The summed E-state index contributed by atoms with van der Waals surface area (Å²) in [6, 6.07) is 0.536. The van der Waals surface area contributed by atoms with Crippen LogP contribution in [0.4, 0.5) is 9.59 Å². The van der Waals surface area contributed by atoms with Crippen LogP contribution >= 0.6 is 0 Å². The Hall–Kier alpha value is -5.48. The van der Waals surface area contributed by atoms with E-state index >= 15 is 0 Å². The zero-order valence-electron chi connectivity index (χ0n) is 34.1. The highest BCUT2D eigenvalue weighted by Gasteiger charge is 2.35. The Kier molecular flexibility index (Phi) is 14.2. The van der Waals surface area contributed by atoms with Gasteiger partial charge >= 0.3 is 24.1 Å². The summed E-state index contributed by atoms with van der Waals surface area (Å²) >= 11 is 0. The van der Waals surface area contributed by atoms with Crippen molar-refractivity contribution >= 4 is 30.0 Å². The number of aryl methyl sites for hydroxylation is 1. The zero-order chi connectivity index (χ0) is 41.6. The van der Waals surface area contributed by atoms with Gasteiger partial charge in [-0.15, -0.1) is 0 Å². The molecule has 55 heavy (non-hydrogen) atoms. The van der Waals surface area contributed by atoms with E-state index in [1.165, 1.54) is 6.07 Å². The number of esters is 2. The van der Waals surface area contributed by atoms with Crippen molar-refractivity contribution < 1.29 is 52.0 Å². The lowest BCUT2D eigenvalue weighted by molar-refractivity contribution is -0.138. The first-order valence-electron chi connectivity index (χ1n) is 18.1. The maximum atomic E-state index is 14.0. The molecule has 3 N–H and O–H groups in total. The van der Waals surface area contributed by atoms with Crippen LogP contribution in [-0.2, 0) is 19.1 Å². The number of amides is 3. The Bertz CT molecular complexity index is 1860. The fraction of sp³-hybridized carbons (Fsp3) is 0.579. The van der Waals surface area contributed by atoms with Gasteiger partial charge in [-0.05, 0) is 77.8 Å². The average Bonchev–Trinajstić information content (AvgIpc) is 3.66. The highest BCUT2D eigenvalue weighted by atomic mass is 16.6. The van der Waals surface area contributed by atoms with Crippen molar-refractivity contribution in [1.29, 1.82) is 0 Å². The molecule has 2 aromatic heterocycles. The lowest BCUT2D eigenvalue weighted by Crippen LogP contribution is -2.48. The van der Waals surface area contributed by atoms with Crippen LogP contribution < -0.4 is 25.4 Å². The molecule has 0 saturated heterocycles. The first-order chi connectivity index (χ1) is 25.4. The van der Waals surface area contributed by atoms with Crippen molar-refractivity contribution in [2.45, 2.75) is 126 Å². The molecule has 0 aliphatic rings. The van der Waals surface area contributed by atoms with E-state index in [0.29, 0.717) is 5.56 Å². The molecule has 0 radical (unpaired) electrons. The Morgan fingerprint density at radius 1 is 0.745 bits per heavy atom. The molecule has 3 rings (SSSR count). The average molecular weight is 771 g/mol. The SMILES string of the molecule is CCNC(=O)c1noc(-c2cc(C(C)C)c(OC(=O)[C@@H](NC(=O)OC(C)(C)C)C(C)C)cc2OC(=O)C(NC(=O)OC(C)(C)C)C(C)C)c1-c1noc(C)n1. The number of carbonyl (C=O) groups is 5. The predicted molar refractivity (Wildman–Crippen MR) is 199 cm³/mol. The molecule has 0 bridgehead atoms. The molecule has 1 aromatic carbocycles. The molecule has 302 valence electrons. The summed E-state index contributed by atoms with van der Waals surface area (Å²) in [5, 5.41) is 15.9. The molecule has 17 nitrogen and oxygen atoms in total.